The van der Waals surface area contributed by atoms with E-state index in [2.05, 4.69) is 27.6 Å². The molecule has 0 saturated heterocycles. The standard InChI is InChI=1S/C20H16ClIN2O3S/c1-2-27-19(26)17-12-28-20(23-18(25)15-5-3-4-6-16(15)21)24(17)11-13-7-9-14(22)10-8-13/h3-10,12H,2,11H2,1H3. The Morgan fingerprint density at radius 3 is 2.57 bits per heavy atom. The Balaban J connectivity index is 2.05. The van der Waals surface area contributed by atoms with Crippen molar-refractivity contribution in [1.82, 2.24) is 4.57 Å². The molecule has 0 aliphatic heterocycles. The van der Waals surface area contributed by atoms with Gasteiger partial charge in [-0.15, -0.1) is 11.3 Å². The number of benzene rings is 2. The molecule has 1 heterocycles. The van der Waals surface area contributed by atoms with Crippen LogP contribution in [0.1, 0.15) is 33.3 Å². The number of hydrogen-bond acceptors (Lipinski definition) is 4. The number of esters is 1. The van der Waals surface area contributed by atoms with Crippen LogP contribution in [0.4, 0.5) is 0 Å². The Kier molecular flexibility index (Phi) is 7.03. The van der Waals surface area contributed by atoms with Gasteiger partial charge >= 0.3 is 5.97 Å². The van der Waals surface area contributed by atoms with Crippen LogP contribution in [-0.4, -0.2) is 23.1 Å². The Bertz CT molecular complexity index is 1070. The number of halogens is 2. The predicted molar refractivity (Wildman–Crippen MR) is 118 cm³/mol. The second-order valence-corrected chi connectivity index (χ2v) is 8.22. The van der Waals surface area contributed by atoms with Gasteiger partial charge in [0.05, 0.1) is 23.7 Å². The molecular weight excluding hydrogens is 511 g/mol. The number of ether oxygens (including phenoxy) is 1. The molecule has 144 valence electrons. The summed E-state index contributed by atoms with van der Waals surface area (Å²) in [4.78, 5) is 29.6. The average molecular weight is 527 g/mol. The molecule has 8 heteroatoms. The fourth-order valence-corrected chi connectivity index (χ4v) is 3.94. The number of carbonyl (C=O) groups excluding carboxylic acids is 2. The van der Waals surface area contributed by atoms with Crippen molar-refractivity contribution < 1.29 is 14.3 Å². The van der Waals surface area contributed by atoms with Crippen LogP contribution in [0.25, 0.3) is 0 Å². The summed E-state index contributed by atoms with van der Waals surface area (Å²) in [7, 11) is 0. The Hall–Kier alpha value is -1.97. The zero-order chi connectivity index (χ0) is 20.1. The molecule has 3 rings (SSSR count). The minimum atomic E-state index is -0.459. The van der Waals surface area contributed by atoms with Gasteiger partial charge in [0.15, 0.2) is 4.80 Å². The van der Waals surface area contributed by atoms with Crippen LogP contribution >= 0.6 is 45.5 Å². The lowest BCUT2D eigenvalue weighted by atomic mass is 10.2. The van der Waals surface area contributed by atoms with Crippen molar-refractivity contribution in [2.24, 2.45) is 4.99 Å². The van der Waals surface area contributed by atoms with E-state index in [-0.39, 0.29) is 6.61 Å². The molecule has 1 amide bonds. The van der Waals surface area contributed by atoms with Gasteiger partial charge in [-0.3, -0.25) is 4.79 Å². The summed E-state index contributed by atoms with van der Waals surface area (Å²) >= 11 is 9.55. The van der Waals surface area contributed by atoms with E-state index in [0.717, 1.165) is 9.13 Å². The maximum atomic E-state index is 12.6. The van der Waals surface area contributed by atoms with E-state index < -0.39 is 11.9 Å². The van der Waals surface area contributed by atoms with Gasteiger partial charge < -0.3 is 9.30 Å². The smallest absolute Gasteiger partial charge is 0.355 e. The zero-order valence-corrected chi connectivity index (χ0v) is 18.6. The van der Waals surface area contributed by atoms with Crippen LogP contribution in [0, 0.1) is 3.57 Å². The third-order valence-electron chi connectivity index (χ3n) is 3.84. The van der Waals surface area contributed by atoms with Gasteiger partial charge in [0, 0.05) is 8.95 Å². The highest BCUT2D eigenvalue weighted by Gasteiger charge is 2.17. The first-order valence-corrected chi connectivity index (χ1v) is 10.8. The third kappa shape index (κ3) is 4.89. The lowest BCUT2D eigenvalue weighted by molar-refractivity contribution is 0.0513. The highest BCUT2D eigenvalue weighted by Crippen LogP contribution is 2.16. The maximum absolute atomic E-state index is 12.6. The van der Waals surface area contributed by atoms with E-state index in [4.69, 9.17) is 16.3 Å². The molecule has 0 saturated carbocycles. The van der Waals surface area contributed by atoms with E-state index >= 15 is 0 Å². The number of nitrogens with zero attached hydrogens (tertiary/aromatic N) is 2. The monoisotopic (exact) mass is 526 g/mol. The van der Waals surface area contributed by atoms with Crippen LogP contribution in [0.5, 0.6) is 0 Å². The number of amides is 1. The van der Waals surface area contributed by atoms with Crippen LogP contribution in [0.2, 0.25) is 5.02 Å². The van der Waals surface area contributed by atoms with E-state index in [9.17, 15) is 9.59 Å². The second kappa shape index (κ2) is 9.49. The predicted octanol–water partition coefficient (Wildman–Crippen LogP) is 4.77. The molecule has 0 aliphatic carbocycles. The fourth-order valence-electron chi connectivity index (χ4n) is 2.50. The van der Waals surface area contributed by atoms with Crippen molar-refractivity contribution in [3.05, 3.63) is 84.1 Å². The summed E-state index contributed by atoms with van der Waals surface area (Å²) in [6.45, 7) is 2.41. The van der Waals surface area contributed by atoms with Gasteiger partial charge in [-0.2, -0.15) is 4.99 Å². The third-order valence-corrected chi connectivity index (χ3v) is 5.75. The minimum Gasteiger partial charge on any atom is -0.461 e. The topological polar surface area (TPSA) is 60.7 Å². The van der Waals surface area contributed by atoms with Crippen LogP contribution in [0.15, 0.2) is 58.9 Å². The highest BCUT2D eigenvalue weighted by atomic mass is 127. The average Bonchev–Trinajstić information content (AvgIpc) is 3.06. The highest BCUT2D eigenvalue weighted by molar-refractivity contribution is 14.1. The maximum Gasteiger partial charge on any atom is 0.355 e. The molecule has 0 spiro atoms. The summed E-state index contributed by atoms with van der Waals surface area (Å²) in [5.41, 5.74) is 1.66. The SMILES string of the molecule is CCOC(=O)c1csc(=NC(=O)c2ccccc2Cl)n1Cc1ccc(I)cc1. The summed E-state index contributed by atoms with van der Waals surface area (Å²) in [6.07, 6.45) is 0. The molecule has 2 aromatic carbocycles. The molecule has 0 unspecified atom stereocenters. The van der Waals surface area contributed by atoms with Crippen molar-refractivity contribution >= 4 is 57.4 Å². The van der Waals surface area contributed by atoms with Gasteiger partial charge in [-0.05, 0) is 59.3 Å². The van der Waals surface area contributed by atoms with Gasteiger partial charge in [-0.1, -0.05) is 35.9 Å². The van der Waals surface area contributed by atoms with Crippen molar-refractivity contribution in [3.8, 4) is 0 Å². The van der Waals surface area contributed by atoms with Crippen LogP contribution < -0.4 is 4.80 Å². The van der Waals surface area contributed by atoms with Crippen LogP contribution in [0.3, 0.4) is 0 Å². The lowest BCUT2D eigenvalue weighted by Crippen LogP contribution is -2.23. The molecule has 3 aromatic rings. The number of hydrogen-bond donors (Lipinski definition) is 0. The van der Waals surface area contributed by atoms with Gasteiger partial charge in [0.25, 0.3) is 5.91 Å². The Morgan fingerprint density at radius 1 is 1.18 bits per heavy atom. The molecule has 0 aliphatic rings. The zero-order valence-electron chi connectivity index (χ0n) is 14.9. The first-order valence-electron chi connectivity index (χ1n) is 8.43. The largest absolute Gasteiger partial charge is 0.461 e. The molecule has 5 nitrogen and oxygen atoms in total. The number of thiazole rings is 1. The van der Waals surface area contributed by atoms with E-state index in [1.165, 1.54) is 11.3 Å². The van der Waals surface area contributed by atoms with Gasteiger partial charge in [0.2, 0.25) is 0 Å². The molecule has 28 heavy (non-hydrogen) atoms. The first-order chi connectivity index (χ1) is 13.5. The van der Waals surface area contributed by atoms with Gasteiger partial charge in [0.1, 0.15) is 5.69 Å². The fraction of sp³-hybridized carbons (Fsp3) is 0.150. The van der Waals surface area contributed by atoms with Crippen molar-refractivity contribution in [2.75, 3.05) is 6.61 Å². The summed E-state index contributed by atoms with van der Waals surface area (Å²) in [5.74, 6) is -0.907. The quantitative estimate of drug-likeness (QED) is 0.355. The molecule has 0 N–H and O–H groups in total. The molecule has 0 bridgehead atoms. The first kappa shape index (κ1) is 20.8. The number of carbonyl (C=O) groups is 2. The Labute approximate surface area is 184 Å². The van der Waals surface area contributed by atoms with Crippen molar-refractivity contribution in [2.45, 2.75) is 13.5 Å². The normalized spacial score (nSPS) is 11.5. The number of aromatic nitrogens is 1. The van der Waals surface area contributed by atoms with Gasteiger partial charge in [-0.25, -0.2) is 4.79 Å². The summed E-state index contributed by atoms with van der Waals surface area (Å²) in [6, 6.07) is 14.7. The van der Waals surface area contributed by atoms with E-state index in [0.29, 0.717) is 27.6 Å². The summed E-state index contributed by atoms with van der Waals surface area (Å²) < 4.78 is 7.95. The van der Waals surface area contributed by atoms with Crippen LogP contribution in [-0.2, 0) is 11.3 Å². The minimum absolute atomic E-state index is 0.267. The molecule has 1 aromatic heterocycles. The molecular formula is C20H16ClIN2O3S. The lowest BCUT2D eigenvalue weighted by Gasteiger charge is -2.09. The summed E-state index contributed by atoms with van der Waals surface area (Å²) in [5, 5.41) is 1.99. The molecule has 0 fully saturated rings. The molecule has 0 atom stereocenters. The van der Waals surface area contributed by atoms with Crippen molar-refractivity contribution in [3.63, 3.8) is 0 Å². The molecule has 0 radical (unpaired) electrons. The van der Waals surface area contributed by atoms with Crippen molar-refractivity contribution in [1.29, 1.82) is 0 Å². The Morgan fingerprint density at radius 2 is 1.89 bits per heavy atom. The van der Waals surface area contributed by atoms with E-state index in [1.54, 1.807) is 41.1 Å². The number of rotatable bonds is 5. The second-order valence-electron chi connectivity index (χ2n) is 5.73. The van der Waals surface area contributed by atoms with E-state index in [1.807, 2.05) is 24.3 Å².